The van der Waals surface area contributed by atoms with E-state index in [1.165, 1.54) is 6.92 Å². The predicted octanol–water partition coefficient (Wildman–Crippen LogP) is -1.18. The zero-order valence-corrected chi connectivity index (χ0v) is 8.71. The van der Waals surface area contributed by atoms with Gasteiger partial charge in [-0.3, -0.25) is 0 Å². The minimum absolute atomic E-state index is 0.00241. The van der Waals surface area contributed by atoms with Crippen LogP contribution in [0.15, 0.2) is 0 Å². The number of carbonyl (C=O) groups excluding carboxylic acids is 1. The van der Waals surface area contributed by atoms with Crippen molar-refractivity contribution in [2.75, 3.05) is 0 Å². The van der Waals surface area contributed by atoms with Crippen LogP contribution < -0.4 is 0 Å². The summed E-state index contributed by atoms with van der Waals surface area (Å²) in [5, 5.41) is 38.4. The molecule has 0 heterocycles. The summed E-state index contributed by atoms with van der Waals surface area (Å²) in [6, 6.07) is 0. The third-order valence-electron chi connectivity index (χ3n) is 3.13. The summed E-state index contributed by atoms with van der Waals surface area (Å²) in [6.07, 6.45) is -2.16. The molecule has 1 rings (SSSR count). The molecule has 15 heavy (non-hydrogen) atoms. The van der Waals surface area contributed by atoms with Gasteiger partial charge in [0.1, 0.15) is 12.4 Å². The van der Waals surface area contributed by atoms with E-state index < -0.39 is 23.9 Å². The SMILES string of the molecule is CC(O)C(O)[C@]1(O)C[C@H](CC=O)[C@H](O)C1. The monoisotopic (exact) mass is 218 g/mol. The Labute approximate surface area is 88.4 Å². The van der Waals surface area contributed by atoms with Crippen molar-refractivity contribution in [1.82, 2.24) is 0 Å². The molecule has 4 N–H and O–H groups in total. The zero-order chi connectivity index (χ0) is 11.6. The Balaban J connectivity index is 2.69. The highest BCUT2D eigenvalue weighted by Gasteiger charge is 2.48. The molecule has 0 aromatic rings. The standard InChI is InChI=1S/C10H18O5/c1-6(12)9(14)10(15)4-7(2-3-11)8(13)5-10/h3,6-9,12-15H,2,4-5H2,1H3/t6?,7-,8+,9?,10-/m0/s1. The molecule has 2 unspecified atom stereocenters. The molecule has 0 aliphatic heterocycles. The fourth-order valence-corrected chi connectivity index (χ4v) is 2.26. The highest BCUT2D eigenvalue weighted by atomic mass is 16.4. The summed E-state index contributed by atoms with van der Waals surface area (Å²) in [4.78, 5) is 10.3. The van der Waals surface area contributed by atoms with E-state index in [9.17, 15) is 25.2 Å². The van der Waals surface area contributed by atoms with Crippen LogP contribution in [0.3, 0.4) is 0 Å². The fourth-order valence-electron chi connectivity index (χ4n) is 2.26. The number of hydrogen-bond donors (Lipinski definition) is 4. The van der Waals surface area contributed by atoms with Crippen LogP contribution in [0, 0.1) is 5.92 Å². The van der Waals surface area contributed by atoms with Gasteiger partial charge in [0.25, 0.3) is 0 Å². The molecule has 1 fully saturated rings. The molecule has 1 aliphatic rings. The van der Waals surface area contributed by atoms with Crippen LogP contribution in [0.25, 0.3) is 0 Å². The molecule has 0 spiro atoms. The van der Waals surface area contributed by atoms with Gasteiger partial charge >= 0.3 is 0 Å². The van der Waals surface area contributed by atoms with Crippen molar-refractivity contribution in [3.63, 3.8) is 0 Å². The first kappa shape index (κ1) is 12.6. The second kappa shape index (κ2) is 4.57. The smallest absolute Gasteiger partial charge is 0.120 e. The maximum atomic E-state index is 10.3. The van der Waals surface area contributed by atoms with Crippen LogP contribution in [0.2, 0.25) is 0 Å². The zero-order valence-electron chi connectivity index (χ0n) is 8.71. The lowest BCUT2D eigenvalue weighted by atomic mass is 9.90. The van der Waals surface area contributed by atoms with Crippen molar-refractivity contribution >= 4 is 6.29 Å². The molecule has 5 heteroatoms. The first-order valence-corrected chi connectivity index (χ1v) is 5.11. The Morgan fingerprint density at radius 3 is 2.53 bits per heavy atom. The van der Waals surface area contributed by atoms with Crippen molar-refractivity contribution in [1.29, 1.82) is 0 Å². The molecule has 1 saturated carbocycles. The molecular formula is C10H18O5. The second-order valence-electron chi connectivity index (χ2n) is 4.43. The van der Waals surface area contributed by atoms with Crippen LogP contribution in [0.1, 0.15) is 26.2 Å². The molecule has 5 nitrogen and oxygen atoms in total. The van der Waals surface area contributed by atoms with E-state index in [2.05, 4.69) is 0 Å². The summed E-state index contributed by atoms with van der Waals surface area (Å²) in [5.74, 6) is -0.333. The van der Waals surface area contributed by atoms with Crippen molar-refractivity contribution < 1.29 is 25.2 Å². The molecule has 0 bridgehead atoms. The van der Waals surface area contributed by atoms with E-state index in [0.29, 0.717) is 6.29 Å². The third-order valence-corrected chi connectivity index (χ3v) is 3.13. The Hall–Kier alpha value is -0.490. The van der Waals surface area contributed by atoms with Gasteiger partial charge in [-0.25, -0.2) is 0 Å². The fraction of sp³-hybridized carbons (Fsp3) is 0.900. The second-order valence-corrected chi connectivity index (χ2v) is 4.43. The number of aldehydes is 1. The van der Waals surface area contributed by atoms with E-state index in [1.807, 2.05) is 0 Å². The quantitative estimate of drug-likeness (QED) is 0.445. The van der Waals surface area contributed by atoms with Gasteiger partial charge < -0.3 is 25.2 Å². The molecule has 1 aliphatic carbocycles. The van der Waals surface area contributed by atoms with Crippen LogP contribution in [0.4, 0.5) is 0 Å². The van der Waals surface area contributed by atoms with Crippen LogP contribution in [0.5, 0.6) is 0 Å². The van der Waals surface area contributed by atoms with Gasteiger partial charge in [0.05, 0.1) is 17.8 Å². The maximum Gasteiger partial charge on any atom is 0.120 e. The summed E-state index contributed by atoms with van der Waals surface area (Å²) in [6.45, 7) is 1.38. The van der Waals surface area contributed by atoms with E-state index >= 15 is 0 Å². The topological polar surface area (TPSA) is 98.0 Å². The van der Waals surface area contributed by atoms with Crippen molar-refractivity contribution in [2.45, 2.75) is 50.1 Å². The molecule has 88 valence electrons. The molecule has 0 radical (unpaired) electrons. The number of hydrogen-bond acceptors (Lipinski definition) is 5. The summed E-state index contributed by atoms with van der Waals surface area (Å²) < 4.78 is 0. The van der Waals surface area contributed by atoms with Crippen LogP contribution in [-0.2, 0) is 4.79 Å². The first-order chi connectivity index (χ1) is 6.90. The first-order valence-electron chi connectivity index (χ1n) is 5.11. The lowest BCUT2D eigenvalue weighted by molar-refractivity contribution is -0.121. The third kappa shape index (κ3) is 2.55. The van der Waals surface area contributed by atoms with Gasteiger partial charge in [-0.1, -0.05) is 0 Å². The largest absolute Gasteiger partial charge is 0.393 e. The summed E-state index contributed by atoms with van der Waals surface area (Å²) >= 11 is 0. The van der Waals surface area contributed by atoms with Crippen LogP contribution in [-0.4, -0.2) is 50.6 Å². The molecular weight excluding hydrogens is 200 g/mol. The van der Waals surface area contributed by atoms with Gasteiger partial charge in [0.2, 0.25) is 0 Å². The van der Waals surface area contributed by atoms with Gasteiger partial charge in [-0.2, -0.15) is 0 Å². The Morgan fingerprint density at radius 1 is 1.47 bits per heavy atom. The van der Waals surface area contributed by atoms with E-state index in [-0.39, 0.29) is 25.2 Å². The number of rotatable bonds is 4. The van der Waals surface area contributed by atoms with E-state index in [0.717, 1.165) is 0 Å². The van der Waals surface area contributed by atoms with Gasteiger partial charge in [0.15, 0.2) is 0 Å². The predicted molar refractivity (Wildman–Crippen MR) is 52.0 cm³/mol. The lowest BCUT2D eigenvalue weighted by Gasteiger charge is -2.30. The minimum atomic E-state index is -1.48. The van der Waals surface area contributed by atoms with Crippen LogP contribution >= 0.6 is 0 Å². The molecule has 0 aromatic heterocycles. The molecule has 0 aromatic carbocycles. The Morgan fingerprint density at radius 2 is 2.07 bits per heavy atom. The minimum Gasteiger partial charge on any atom is -0.393 e. The average Bonchev–Trinajstić information content (AvgIpc) is 2.42. The highest BCUT2D eigenvalue weighted by molar-refractivity contribution is 5.50. The van der Waals surface area contributed by atoms with Gasteiger partial charge in [-0.15, -0.1) is 0 Å². The Bertz CT molecular complexity index is 230. The number of aliphatic hydroxyl groups is 4. The van der Waals surface area contributed by atoms with Crippen molar-refractivity contribution in [2.24, 2.45) is 5.92 Å². The number of aliphatic hydroxyl groups excluding tert-OH is 3. The number of carbonyl (C=O) groups is 1. The van der Waals surface area contributed by atoms with E-state index in [1.54, 1.807) is 0 Å². The summed E-state index contributed by atoms with van der Waals surface area (Å²) in [7, 11) is 0. The van der Waals surface area contributed by atoms with Crippen molar-refractivity contribution in [3.8, 4) is 0 Å². The maximum absolute atomic E-state index is 10.3. The molecule has 0 saturated heterocycles. The normalized spacial score (nSPS) is 40.1. The summed E-state index contributed by atoms with van der Waals surface area (Å²) in [5.41, 5.74) is -1.48. The lowest BCUT2D eigenvalue weighted by Crippen LogP contribution is -2.46. The molecule has 5 atom stereocenters. The molecule has 0 amide bonds. The van der Waals surface area contributed by atoms with Gasteiger partial charge in [0, 0.05) is 12.8 Å². The van der Waals surface area contributed by atoms with Gasteiger partial charge in [-0.05, 0) is 19.3 Å². The van der Waals surface area contributed by atoms with E-state index in [4.69, 9.17) is 0 Å². The Kier molecular flexibility index (Phi) is 3.83. The average molecular weight is 218 g/mol. The highest BCUT2D eigenvalue weighted by Crippen LogP contribution is 2.39. The van der Waals surface area contributed by atoms with Crippen molar-refractivity contribution in [3.05, 3.63) is 0 Å².